The number of pyridine rings is 1. The molecule has 32 heavy (non-hydrogen) atoms. The molecule has 4 nitrogen and oxygen atoms in total. The van der Waals surface area contributed by atoms with Crippen LogP contribution in [0.1, 0.15) is 6.42 Å². The minimum absolute atomic E-state index is 0.630. The van der Waals surface area contributed by atoms with Crippen LogP contribution in [0.3, 0.4) is 0 Å². The van der Waals surface area contributed by atoms with E-state index >= 15 is 0 Å². The van der Waals surface area contributed by atoms with Crippen LogP contribution in [-0.2, 0) is 0 Å². The zero-order valence-corrected chi connectivity index (χ0v) is 19.2. The largest absolute Gasteiger partial charge is 0.370 e. The molecule has 162 valence electrons. The fourth-order valence-corrected chi connectivity index (χ4v) is 4.51. The normalized spacial score (nSPS) is 16.1. The average Bonchev–Trinajstić information content (AvgIpc) is 3.31. The van der Waals surface area contributed by atoms with Gasteiger partial charge < -0.3 is 15.1 Å². The zero-order valence-electron chi connectivity index (χ0n) is 18.4. The maximum absolute atomic E-state index is 6.06. The molecule has 1 aliphatic rings. The summed E-state index contributed by atoms with van der Waals surface area (Å²) >= 11 is 6.06. The minimum atomic E-state index is 0.630. The van der Waals surface area contributed by atoms with Crippen LogP contribution >= 0.6 is 11.6 Å². The van der Waals surface area contributed by atoms with Crippen molar-refractivity contribution >= 4 is 39.6 Å². The third-order valence-electron chi connectivity index (χ3n) is 6.32. The molecule has 0 unspecified atom stereocenters. The second-order valence-corrected chi connectivity index (χ2v) is 9.06. The molecule has 4 aromatic rings. The standard InChI is InChI=1S/C27H27ClN4/c1-31(2)24-14-16-32(18-24)23-10-8-22(9-11-23)30-27-13-15-29-26-12-5-20(17-25(26)27)19-3-6-21(28)7-4-19/h3-13,15,17,24H,14,16,18H2,1-2H3,(H,29,30)/t24-/m0/s1. The van der Waals surface area contributed by atoms with E-state index in [9.17, 15) is 0 Å². The predicted octanol–water partition coefficient (Wildman–Crippen LogP) is 6.44. The van der Waals surface area contributed by atoms with Gasteiger partial charge in [-0.3, -0.25) is 4.98 Å². The van der Waals surface area contributed by atoms with Crippen molar-refractivity contribution in [3.63, 3.8) is 0 Å². The van der Waals surface area contributed by atoms with Gasteiger partial charge in [0.05, 0.1) is 5.52 Å². The van der Waals surface area contributed by atoms with Gasteiger partial charge in [-0.2, -0.15) is 0 Å². The molecular weight excluding hydrogens is 416 g/mol. The van der Waals surface area contributed by atoms with Crippen molar-refractivity contribution in [3.05, 3.63) is 84.0 Å². The highest BCUT2D eigenvalue weighted by molar-refractivity contribution is 6.30. The molecule has 0 radical (unpaired) electrons. The van der Waals surface area contributed by atoms with Crippen LogP contribution in [0.15, 0.2) is 79.0 Å². The Morgan fingerprint density at radius 3 is 2.41 bits per heavy atom. The molecule has 5 heteroatoms. The summed E-state index contributed by atoms with van der Waals surface area (Å²) < 4.78 is 0. The summed E-state index contributed by atoms with van der Waals surface area (Å²) in [7, 11) is 4.33. The molecule has 1 fully saturated rings. The van der Waals surface area contributed by atoms with Gasteiger partial charge in [0, 0.05) is 52.8 Å². The number of anilines is 3. The van der Waals surface area contributed by atoms with Crippen LogP contribution in [0.2, 0.25) is 5.02 Å². The van der Waals surface area contributed by atoms with Gasteiger partial charge in [0.15, 0.2) is 0 Å². The van der Waals surface area contributed by atoms with E-state index < -0.39 is 0 Å². The number of nitrogens with one attached hydrogen (secondary N) is 1. The van der Waals surface area contributed by atoms with E-state index in [0.29, 0.717) is 6.04 Å². The first-order chi connectivity index (χ1) is 15.6. The fraction of sp³-hybridized carbons (Fsp3) is 0.222. The van der Waals surface area contributed by atoms with Gasteiger partial charge >= 0.3 is 0 Å². The molecular formula is C27H27ClN4. The molecule has 2 heterocycles. The van der Waals surface area contributed by atoms with E-state index in [1.165, 1.54) is 12.1 Å². The number of rotatable bonds is 5. The summed E-state index contributed by atoms with van der Waals surface area (Å²) in [5.41, 5.74) is 6.65. The van der Waals surface area contributed by atoms with Crippen molar-refractivity contribution in [2.45, 2.75) is 12.5 Å². The summed E-state index contributed by atoms with van der Waals surface area (Å²) in [6.45, 7) is 2.19. The molecule has 1 aliphatic heterocycles. The van der Waals surface area contributed by atoms with Crippen LogP contribution in [0.5, 0.6) is 0 Å². The number of likely N-dealkylation sites (N-methyl/N-ethyl adjacent to an activating group) is 1. The van der Waals surface area contributed by atoms with E-state index in [0.717, 1.165) is 51.5 Å². The van der Waals surface area contributed by atoms with E-state index in [4.69, 9.17) is 11.6 Å². The summed E-state index contributed by atoms with van der Waals surface area (Å²) in [6.07, 6.45) is 3.07. The van der Waals surface area contributed by atoms with Gasteiger partial charge in [0.2, 0.25) is 0 Å². The van der Waals surface area contributed by atoms with Crippen LogP contribution in [0.25, 0.3) is 22.0 Å². The first kappa shape index (κ1) is 20.8. The lowest BCUT2D eigenvalue weighted by atomic mass is 10.0. The van der Waals surface area contributed by atoms with E-state index in [1.54, 1.807) is 0 Å². The highest BCUT2D eigenvalue weighted by Crippen LogP contribution is 2.31. The molecule has 1 N–H and O–H groups in total. The Labute approximate surface area is 194 Å². The average molecular weight is 443 g/mol. The molecule has 1 saturated heterocycles. The number of aromatic nitrogens is 1. The Kier molecular flexibility index (Phi) is 5.73. The Morgan fingerprint density at radius 2 is 1.69 bits per heavy atom. The van der Waals surface area contributed by atoms with Crippen molar-refractivity contribution in [2.24, 2.45) is 0 Å². The van der Waals surface area contributed by atoms with Gasteiger partial charge in [-0.05, 0) is 86.2 Å². The van der Waals surface area contributed by atoms with Gasteiger partial charge in [0.25, 0.3) is 0 Å². The monoisotopic (exact) mass is 442 g/mol. The highest BCUT2D eigenvalue weighted by atomic mass is 35.5. The SMILES string of the molecule is CN(C)[C@H]1CCN(c2ccc(Nc3ccnc4ccc(-c5ccc(Cl)cc5)cc34)cc2)C1. The van der Waals surface area contributed by atoms with Crippen molar-refractivity contribution in [1.82, 2.24) is 9.88 Å². The second kappa shape index (κ2) is 8.81. The lowest BCUT2D eigenvalue weighted by Gasteiger charge is -2.22. The van der Waals surface area contributed by atoms with E-state index in [2.05, 4.69) is 76.7 Å². The number of hydrogen-bond donors (Lipinski definition) is 1. The van der Waals surface area contributed by atoms with E-state index in [1.807, 2.05) is 36.5 Å². The van der Waals surface area contributed by atoms with Crippen LogP contribution in [0, 0.1) is 0 Å². The first-order valence-corrected chi connectivity index (χ1v) is 11.4. The Bertz CT molecular complexity index is 1220. The number of fused-ring (bicyclic) bond motifs is 1. The van der Waals surface area contributed by atoms with Gasteiger partial charge in [0.1, 0.15) is 0 Å². The highest BCUT2D eigenvalue weighted by Gasteiger charge is 2.23. The summed E-state index contributed by atoms with van der Waals surface area (Å²) in [6, 6.07) is 25.7. The Hall–Kier alpha value is -3.08. The fourth-order valence-electron chi connectivity index (χ4n) is 4.39. The molecule has 0 aliphatic carbocycles. The summed E-state index contributed by atoms with van der Waals surface area (Å²) in [5, 5.41) is 5.43. The molecule has 1 aromatic heterocycles. The number of benzene rings is 3. The number of nitrogens with zero attached hydrogens (tertiary/aromatic N) is 3. The van der Waals surface area contributed by atoms with Gasteiger partial charge in [-0.1, -0.05) is 29.8 Å². The molecule has 5 rings (SSSR count). The first-order valence-electron chi connectivity index (χ1n) is 11.0. The maximum Gasteiger partial charge on any atom is 0.0723 e. The molecule has 1 atom stereocenters. The quantitative estimate of drug-likeness (QED) is 0.385. The molecule has 0 spiro atoms. The smallest absolute Gasteiger partial charge is 0.0723 e. The third kappa shape index (κ3) is 4.29. The van der Waals surface area contributed by atoms with Crippen LogP contribution < -0.4 is 10.2 Å². The molecule has 3 aromatic carbocycles. The Balaban J connectivity index is 1.39. The number of hydrogen-bond acceptors (Lipinski definition) is 4. The molecule has 0 amide bonds. The Morgan fingerprint density at radius 1 is 0.938 bits per heavy atom. The maximum atomic E-state index is 6.06. The number of halogens is 1. The van der Waals surface area contributed by atoms with Crippen LogP contribution in [0.4, 0.5) is 17.1 Å². The van der Waals surface area contributed by atoms with Gasteiger partial charge in [-0.15, -0.1) is 0 Å². The lowest BCUT2D eigenvalue weighted by Crippen LogP contribution is -2.31. The third-order valence-corrected chi connectivity index (χ3v) is 6.58. The second-order valence-electron chi connectivity index (χ2n) is 8.62. The molecule has 0 saturated carbocycles. The van der Waals surface area contributed by atoms with Crippen molar-refractivity contribution in [3.8, 4) is 11.1 Å². The summed E-state index contributed by atoms with van der Waals surface area (Å²) in [4.78, 5) is 9.34. The summed E-state index contributed by atoms with van der Waals surface area (Å²) in [5.74, 6) is 0. The predicted molar refractivity (Wildman–Crippen MR) is 136 cm³/mol. The van der Waals surface area contributed by atoms with E-state index in [-0.39, 0.29) is 0 Å². The lowest BCUT2D eigenvalue weighted by molar-refractivity contribution is 0.315. The minimum Gasteiger partial charge on any atom is -0.370 e. The topological polar surface area (TPSA) is 31.4 Å². The zero-order chi connectivity index (χ0) is 22.1. The van der Waals surface area contributed by atoms with Crippen LogP contribution in [-0.4, -0.2) is 43.1 Å². The van der Waals surface area contributed by atoms with Gasteiger partial charge in [-0.25, -0.2) is 0 Å². The van der Waals surface area contributed by atoms with Crippen molar-refractivity contribution in [2.75, 3.05) is 37.4 Å². The molecule has 0 bridgehead atoms. The van der Waals surface area contributed by atoms with Crippen molar-refractivity contribution in [1.29, 1.82) is 0 Å². The van der Waals surface area contributed by atoms with Crippen molar-refractivity contribution < 1.29 is 0 Å².